The van der Waals surface area contributed by atoms with Crippen LogP contribution >= 0.6 is 11.6 Å². The van der Waals surface area contributed by atoms with E-state index in [9.17, 15) is 0 Å². The van der Waals surface area contributed by atoms with Gasteiger partial charge >= 0.3 is 0 Å². The second-order valence-electron chi connectivity index (χ2n) is 5.07. The standard InChI is InChI=1S/C17H15ClN4O/c1-23-14-6-4-12(5-7-14)16-21-15-10-13(18)11-20-17(15)22(16)9-3-2-8-19/h4-7,10-11H,2-3,9H2,1H3. The van der Waals surface area contributed by atoms with E-state index in [1.807, 2.05) is 28.8 Å². The number of fused-ring (bicyclic) bond motifs is 1. The van der Waals surface area contributed by atoms with Crippen molar-refractivity contribution in [1.29, 1.82) is 5.26 Å². The van der Waals surface area contributed by atoms with Gasteiger partial charge in [-0.3, -0.25) is 0 Å². The lowest BCUT2D eigenvalue weighted by molar-refractivity contribution is 0.415. The van der Waals surface area contributed by atoms with Crippen LogP contribution in [0.2, 0.25) is 5.02 Å². The van der Waals surface area contributed by atoms with Gasteiger partial charge in [-0.2, -0.15) is 5.26 Å². The summed E-state index contributed by atoms with van der Waals surface area (Å²) < 4.78 is 7.23. The van der Waals surface area contributed by atoms with Crippen molar-refractivity contribution in [3.63, 3.8) is 0 Å². The van der Waals surface area contributed by atoms with Crippen molar-refractivity contribution in [2.24, 2.45) is 0 Å². The zero-order valence-electron chi connectivity index (χ0n) is 12.7. The van der Waals surface area contributed by atoms with Gasteiger partial charge < -0.3 is 9.30 Å². The van der Waals surface area contributed by atoms with Gasteiger partial charge in [0.15, 0.2) is 5.65 Å². The molecule has 6 heteroatoms. The van der Waals surface area contributed by atoms with E-state index in [0.717, 1.165) is 34.7 Å². The van der Waals surface area contributed by atoms with Crippen molar-refractivity contribution in [2.45, 2.75) is 19.4 Å². The molecule has 3 rings (SSSR count). The molecule has 0 bridgehead atoms. The quantitative estimate of drug-likeness (QED) is 0.663. The summed E-state index contributed by atoms with van der Waals surface area (Å²) in [6.45, 7) is 0.681. The largest absolute Gasteiger partial charge is 0.497 e. The zero-order chi connectivity index (χ0) is 16.2. The first kappa shape index (κ1) is 15.3. The molecule has 2 aromatic heterocycles. The van der Waals surface area contributed by atoms with Gasteiger partial charge in [0.05, 0.1) is 18.2 Å². The third kappa shape index (κ3) is 3.13. The lowest BCUT2D eigenvalue weighted by Gasteiger charge is -2.08. The van der Waals surface area contributed by atoms with Gasteiger partial charge in [0.1, 0.15) is 17.1 Å². The van der Waals surface area contributed by atoms with E-state index >= 15 is 0 Å². The van der Waals surface area contributed by atoms with Gasteiger partial charge in [0.25, 0.3) is 0 Å². The molecular formula is C17H15ClN4O. The molecule has 1 aromatic carbocycles. The fraction of sp³-hybridized carbons (Fsp3) is 0.235. The SMILES string of the molecule is COc1ccc(-c2nc3cc(Cl)cnc3n2CCCC#N)cc1. The fourth-order valence-corrected chi connectivity index (χ4v) is 2.63. The van der Waals surface area contributed by atoms with Gasteiger partial charge in [-0.1, -0.05) is 11.6 Å². The third-order valence-electron chi connectivity index (χ3n) is 3.57. The molecule has 23 heavy (non-hydrogen) atoms. The molecule has 3 aromatic rings. The smallest absolute Gasteiger partial charge is 0.160 e. The highest BCUT2D eigenvalue weighted by atomic mass is 35.5. The van der Waals surface area contributed by atoms with Crippen LogP contribution in [0.15, 0.2) is 36.5 Å². The Labute approximate surface area is 139 Å². The summed E-state index contributed by atoms with van der Waals surface area (Å²) in [5.74, 6) is 1.61. The van der Waals surface area contributed by atoms with E-state index < -0.39 is 0 Å². The number of halogens is 1. The van der Waals surface area contributed by atoms with Crippen molar-refractivity contribution < 1.29 is 4.74 Å². The maximum absolute atomic E-state index is 8.77. The van der Waals surface area contributed by atoms with Crippen LogP contribution < -0.4 is 4.74 Å². The zero-order valence-corrected chi connectivity index (χ0v) is 13.4. The molecule has 0 amide bonds. The molecule has 116 valence electrons. The minimum absolute atomic E-state index is 0.495. The molecule has 0 spiro atoms. The number of methoxy groups -OCH3 is 1. The van der Waals surface area contributed by atoms with Gasteiger partial charge in [-0.05, 0) is 36.8 Å². The van der Waals surface area contributed by atoms with E-state index in [0.29, 0.717) is 18.0 Å². The van der Waals surface area contributed by atoms with Gasteiger partial charge in [-0.25, -0.2) is 9.97 Å². The number of hydrogen-bond acceptors (Lipinski definition) is 4. The molecular weight excluding hydrogens is 312 g/mol. The summed E-state index contributed by atoms with van der Waals surface area (Å²) in [6.07, 6.45) is 2.86. The number of unbranched alkanes of at least 4 members (excludes halogenated alkanes) is 1. The van der Waals surface area contributed by atoms with E-state index in [1.165, 1.54) is 0 Å². The Morgan fingerprint density at radius 3 is 2.78 bits per heavy atom. The predicted octanol–water partition coefficient (Wildman–Crippen LogP) is 4.06. The summed E-state index contributed by atoms with van der Waals surface area (Å²) >= 11 is 6.02. The van der Waals surface area contributed by atoms with Crippen molar-refractivity contribution >= 4 is 22.8 Å². The molecule has 0 N–H and O–H groups in total. The molecule has 0 aliphatic carbocycles. The van der Waals surface area contributed by atoms with Crippen LogP contribution in [0.25, 0.3) is 22.6 Å². The molecule has 0 atom stereocenters. The van der Waals surface area contributed by atoms with Crippen LogP contribution in [0.1, 0.15) is 12.8 Å². The summed E-state index contributed by atoms with van der Waals surface area (Å²) in [5, 5.41) is 9.32. The van der Waals surface area contributed by atoms with Crippen molar-refractivity contribution in [3.8, 4) is 23.2 Å². The van der Waals surface area contributed by atoms with Crippen molar-refractivity contribution in [2.75, 3.05) is 7.11 Å². The molecule has 0 saturated carbocycles. The first-order valence-electron chi connectivity index (χ1n) is 7.26. The number of nitrogens with zero attached hydrogens (tertiary/aromatic N) is 4. The average molecular weight is 327 g/mol. The Bertz CT molecular complexity index is 865. The lowest BCUT2D eigenvalue weighted by Crippen LogP contribution is -2.01. The molecule has 0 unspecified atom stereocenters. The van der Waals surface area contributed by atoms with E-state index in [1.54, 1.807) is 19.4 Å². The molecule has 0 aliphatic rings. The summed E-state index contributed by atoms with van der Waals surface area (Å²) in [6, 6.07) is 11.7. The number of aryl methyl sites for hydroxylation is 1. The second-order valence-corrected chi connectivity index (χ2v) is 5.51. The first-order chi connectivity index (χ1) is 11.2. The topological polar surface area (TPSA) is 63.7 Å². The molecule has 2 heterocycles. The summed E-state index contributed by atoms with van der Waals surface area (Å²) in [5.41, 5.74) is 2.50. The van der Waals surface area contributed by atoms with E-state index in [2.05, 4.69) is 16.0 Å². The number of nitriles is 1. The van der Waals surface area contributed by atoms with Crippen LogP contribution in [0.5, 0.6) is 5.75 Å². The monoisotopic (exact) mass is 326 g/mol. The summed E-state index contributed by atoms with van der Waals surface area (Å²) in [7, 11) is 1.64. The highest BCUT2D eigenvalue weighted by Gasteiger charge is 2.14. The molecule has 0 fully saturated rings. The molecule has 0 radical (unpaired) electrons. The Kier molecular flexibility index (Phi) is 4.45. The number of rotatable bonds is 5. The van der Waals surface area contributed by atoms with Crippen molar-refractivity contribution in [1.82, 2.24) is 14.5 Å². The highest BCUT2D eigenvalue weighted by Crippen LogP contribution is 2.27. The lowest BCUT2D eigenvalue weighted by atomic mass is 10.2. The first-order valence-corrected chi connectivity index (χ1v) is 7.64. The Morgan fingerprint density at radius 1 is 1.30 bits per heavy atom. The number of pyridine rings is 1. The maximum atomic E-state index is 8.77. The van der Waals surface area contributed by atoms with Crippen LogP contribution in [0, 0.1) is 11.3 Å². The minimum Gasteiger partial charge on any atom is -0.497 e. The summed E-state index contributed by atoms with van der Waals surface area (Å²) in [4.78, 5) is 9.07. The number of hydrogen-bond donors (Lipinski definition) is 0. The number of imidazole rings is 1. The molecule has 5 nitrogen and oxygen atoms in total. The van der Waals surface area contributed by atoms with Crippen molar-refractivity contribution in [3.05, 3.63) is 41.6 Å². The number of ether oxygens (including phenoxy) is 1. The molecule has 0 saturated heterocycles. The normalized spacial score (nSPS) is 10.7. The van der Waals surface area contributed by atoms with E-state index in [-0.39, 0.29) is 0 Å². The van der Waals surface area contributed by atoms with Crippen LogP contribution in [0.3, 0.4) is 0 Å². The maximum Gasteiger partial charge on any atom is 0.160 e. The van der Waals surface area contributed by atoms with Gasteiger partial charge in [-0.15, -0.1) is 0 Å². The Hall–Kier alpha value is -2.58. The number of aromatic nitrogens is 3. The second kappa shape index (κ2) is 6.67. The van der Waals surface area contributed by atoms with Gasteiger partial charge in [0, 0.05) is 24.7 Å². The third-order valence-corrected chi connectivity index (χ3v) is 3.78. The Balaban J connectivity index is 2.09. The van der Waals surface area contributed by atoms with Crippen LogP contribution in [0.4, 0.5) is 0 Å². The Morgan fingerprint density at radius 2 is 2.09 bits per heavy atom. The van der Waals surface area contributed by atoms with Gasteiger partial charge in [0.2, 0.25) is 0 Å². The fourth-order valence-electron chi connectivity index (χ4n) is 2.47. The predicted molar refractivity (Wildman–Crippen MR) is 89.4 cm³/mol. The number of benzene rings is 1. The van der Waals surface area contributed by atoms with Crippen LogP contribution in [-0.2, 0) is 6.54 Å². The molecule has 0 aliphatic heterocycles. The van der Waals surface area contributed by atoms with E-state index in [4.69, 9.17) is 21.6 Å². The average Bonchev–Trinajstić information content (AvgIpc) is 2.93. The highest BCUT2D eigenvalue weighted by molar-refractivity contribution is 6.31. The van der Waals surface area contributed by atoms with Crippen LogP contribution in [-0.4, -0.2) is 21.6 Å². The minimum atomic E-state index is 0.495.